The number of nitrogens with one attached hydrogen (secondary N) is 3. The number of aromatic nitrogens is 2. The fourth-order valence-corrected chi connectivity index (χ4v) is 3.87. The summed E-state index contributed by atoms with van der Waals surface area (Å²) in [5.41, 5.74) is 6.84. The highest BCUT2D eigenvalue weighted by Gasteiger charge is 2.22. The molecule has 0 radical (unpaired) electrons. The second-order valence-electron chi connectivity index (χ2n) is 6.13. The summed E-state index contributed by atoms with van der Waals surface area (Å²) in [5.74, 6) is -0.171. The van der Waals surface area contributed by atoms with Crippen molar-refractivity contribution in [2.75, 3.05) is 18.4 Å². The number of urea groups is 1. The van der Waals surface area contributed by atoms with Crippen LogP contribution in [0.15, 0.2) is 18.5 Å². The number of amides is 3. The molecule has 1 aliphatic rings. The van der Waals surface area contributed by atoms with E-state index in [1.54, 1.807) is 4.68 Å². The lowest BCUT2D eigenvalue weighted by Gasteiger charge is -2.11. The second-order valence-corrected chi connectivity index (χ2v) is 7.27. The molecule has 0 bridgehead atoms. The van der Waals surface area contributed by atoms with Gasteiger partial charge in [-0.15, -0.1) is 11.3 Å². The van der Waals surface area contributed by atoms with Crippen LogP contribution < -0.4 is 21.7 Å². The normalized spacial score (nSPS) is 16.8. The van der Waals surface area contributed by atoms with Crippen LogP contribution in [0.2, 0.25) is 0 Å². The SMILES string of the molecule is Cn1cc(CCc2cc(NC(N)=O)c(C(=O)NC3CCNC3)s2)cn1. The Labute approximate surface area is 149 Å². The molecule has 1 unspecified atom stereocenters. The Kier molecular flexibility index (Phi) is 5.34. The molecule has 1 saturated heterocycles. The van der Waals surface area contributed by atoms with Crippen molar-refractivity contribution in [1.29, 1.82) is 0 Å². The van der Waals surface area contributed by atoms with Crippen molar-refractivity contribution in [1.82, 2.24) is 20.4 Å². The molecule has 2 aromatic heterocycles. The van der Waals surface area contributed by atoms with Crippen LogP contribution in [-0.4, -0.2) is 40.9 Å². The van der Waals surface area contributed by atoms with Crippen LogP contribution in [0.5, 0.6) is 0 Å². The molecule has 1 fully saturated rings. The highest BCUT2D eigenvalue weighted by molar-refractivity contribution is 7.14. The summed E-state index contributed by atoms with van der Waals surface area (Å²) in [6.07, 6.45) is 6.29. The van der Waals surface area contributed by atoms with Crippen molar-refractivity contribution in [2.24, 2.45) is 12.8 Å². The van der Waals surface area contributed by atoms with Crippen LogP contribution in [0.25, 0.3) is 0 Å². The zero-order chi connectivity index (χ0) is 17.8. The Hall–Kier alpha value is -2.39. The monoisotopic (exact) mass is 362 g/mol. The largest absolute Gasteiger partial charge is 0.351 e. The summed E-state index contributed by atoms with van der Waals surface area (Å²) in [6.45, 7) is 1.67. The molecule has 9 heteroatoms. The van der Waals surface area contributed by atoms with Gasteiger partial charge in [0.25, 0.3) is 5.91 Å². The minimum Gasteiger partial charge on any atom is -0.351 e. The maximum atomic E-state index is 12.6. The van der Waals surface area contributed by atoms with Gasteiger partial charge in [-0.25, -0.2) is 4.79 Å². The predicted octanol–water partition coefficient (Wildman–Crippen LogP) is 0.849. The molecule has 0 saturated carbocycles. The van der Waals surface area contributed by atoms with E-state index in [0.717, 1.165) is 42.8 Å². The zero-order valence-electron chi connectivity index (χ0n) is 14.0. The van der Waals surface area contributed by atoms with Crippen molar-refractivity contribution in [3.8, 4) is 0 Å². The fourth-order valence-electron chi connectivity index (χ4n) is 2.86. The van der Waals surface area contributed by atoms with Gasteiger partial charge < -0.3 is 21.7 Å². The van der Waals surface area contributed by atoms with Gasteiger partial charge in [-0.3, -0.25) is 9.48 Å². The Bertz CT molecular complexity index is 763. The number of aryl methyl sites for hydroxylation is 3. The molecule has 0 aromatic carbocycles. The molecule has 134 valence electrons. The fraction of sp³-hybridized carbons (Fsp3) is 0.438. The molecule has 1 atom stereocenters. The number of rotatable bonds is 6. The minimum absolute atomic E-state index is 0.120. The zero-order valence-corrected chi connectivity index (χ0v) is 14.9. The maximum absolute atomic E-state index is 12.6. The lowest BCUT2D eigenvalue weighted by atomic mass is 10.2. The van der Waals surface area contributed by atoms with E-state index in [1.165, 1.54) is 11.3 Å². The first-order valence-corrected chi connectivity index (χ1v) is 9.01. The number of nitrogens with zero attached hydrogens (tertiary/aromatic N) is 2. The van der Waals surface area contributed by atoms with E-state index < -0.39 is 6.03 Å². The molecule has 1 aliphatic heterocycles. The third-order valence-corrected chi connectivity index (χ3v) is 5.25. The average Bonchev–Trinajstić information content (AvgIpc) is 3.26. The van der Waals surface area contributed by atoms with Crippen LogP contribution in [0.4, 0.5) is 10.5 Å². The van der Waals surface area contributed by atoms with Crippen LogP contribution in [0.3, 0.4) is 0 Å². The number of thiophene rings is 1. The van der Waals surface area contributed by atoms with E-state index in [4.69, 9.17) is 5.73 Å². The highest BCUT2D eigenvalue weighted by atomic mass is 32.1. The molecule has 5 N–H and O–H groups in total. The van der Waals surface area contributed by atoms with Gasteiger partial charge >= 0.3 is 6.03 Å². The van der Waals surface area contributed by atoms with Gasteiger partial charge in [0.05, 0.1) is 11.9 Å². The van der Waals surface area contributed by atoms with Crippen molar-refractivity contribution >= 4 is 29.0 Å². The quantitative estimate of drug-likeness (QED) is 0.610. The third kappa shape index (κ3) is 4.58. The summed E-state index contributed by atoms with van der Waals surface area (Å²) in [7, 11) is 1.88. The number of anilines is 1. The molecule has 8 nitrogen and oxygen atoms in total. The molecule has 0 spiro atoms. The van der Waals surface area contributed by atoms with Gasteiger partial charge in [-0.05, 0) is 37.4 Å². The summed E-state index contributed by atoms with van der Waals surface area (Å²) < 4.78 is 1.76. The number of hydrogen-bond acceptors (Lipinski definition) is 5. The Morgan fingerprint density at radius 1 is 1.48 bits per heavy atom. The molecular formula is C16H22N6O2S. The standard InChI is InChI=1S/C16H22N6O2S/c1-22-9-10(7-19-22)2-3-12-6-13(21-16(17)24)14(25-12)15(23)20-11-4-5-18-8-11/h6-7,9,11,18H,2-5,8H2,1H3,(H,20,23)(H3,17,21,24). The summed E-state index contributed by atoms with van der Waals surface area (Å²) in [4.78, 5) is 25.3. The van der Waals surface area contributed by atoms with Crippen LogP contribution in [-0.2, 0) is 19.9 Å². The molecule has 0 aliphatic carbocycles. The average molecular weight is 362 g/mol. The first kappa shape index (κ1) is 17.4. The Morgan fingerprint density at radius 2 is 2.32 bits per heavy atom. The number of nitrogens with two attached hydrogens (primary N) is 1. The Balaban J connectivity index is 1.71. The van der Waals surface area contributed by atoms with Gasteiger partial charge in [-0.1, -0.05) is 0 Å². The highest BCUT2D eigenvalue weighted by Crippen LogP contribution is 2.28. The van der Waals surface area contributed by atoms with Gasteiger partial charge in [0.1, 0.15) is 4.88 Å². The summed E-state index contributed by atoms with van der Waals surface area (Å²) in [6, 6.07) is 1.27. The molecule has 3 rings (SSSR count). The minimum atomic E-state index is -0.673. The van der Waals surface area contributed by atoms with Gasteiger partial charge in [-0.2, -0.15) is 5.10 Å². The Morgan fingerprint density at radius 3 is 2.96 bits per heavy atom. The van der Waals surface area contributed by atoms with Crippen molar-refractivity contribution < 1.29 is 9.59 Å². The van der Waals surface area contributed by atoms with E-state index in [0.29, 0.717) is 10.6 Å². The molecule has 3 heterocycles. The summed E-state index contributed by atoms with van der Waals surface area (Å²) in [5, 5.41) is 12.9. The van der Waals surface area contributed by atoms with Crippen LogP contribution in [0.1, 0.15) is 26.5 Å². The lowest BCUT2D eigenvalue weighted by molar-refractivity contribution is 0.0945. The van der Waals surface area contributed by atoms with Gasteiger partial charge in [0, 0.05) is 30.7 Å². The second kappa shape index (κ2) is 7.66. The van der Waals surface area contributed by atoms with Crippen LogP contribution >= 0.6 is 11.3 Å². The van der Waals surface area contributed by atoms with E-state index in [-0.39, 0.29) is 11.9 Å². The van der Waals surface area contributed by atoms with E-state index in [9.17, 15) is 9.59 Å². The predicted molar refractivity (Wildman–Crippen MR) is 96.9 cm³/mol. The smallest absolute Gasteiger partial charge is 0.316 e. The van der Waals surface area contributed by atoms with Crippen molar-refractivity contribution in [3.63, 3.8) is 0 Å². The molecule has 2 aromatic rings. The molecular weight excluding hydrogens is 340 g/mol. The van der Waals surface area contributed by atoms with E-state index in [2.05, 4.69) is 21.0 Å². The molecule has 3 amide bonds. The van der Waals surface area contributed by atoms with Gasteiger partial charge in [0.2, 0.25) is 0 Å². The first-order chi connectivity index (χ1) is 12.0. The van der Waals surface area contributed by atoms with Gasteiger partial charge in [0.15, 0.2) is 0 Å². The number of carbonyl (C=O) groups is 2. The molecule has 25 heavy (non-hydrogen) atoms. The number of carbonyl (C=O) groups excluding carboxylic acids is 2. The third-order valence-electron chi connectivity index (χ3n) is 4.06. The van der Waals surface area contributed by atoms with E-state index >= 15 is 0 Å². The maximum Gasteiger partial charge on any atom is 0.316 e. The van der Waals surface area contributed by atoms with Crippen molar-refractivity contribution in [3.05, 3.63) is 33.8 Å². The number of hydrogen-bond donors (Lipinski definition) is 4. The van der Waals surface area contributed by atoms with Crippen molar-refractivity contribution in [2.45, 2.75) is 25.3 Å². The first-order valence-electron chi connectivity index (χ1n) is 8.19. The lowest BCUT2D eigenvalue weighted by Crippen LogP contribution is -2.36. The van der Waals surface area contributed by atoms with E-state index in [1.807, 2.05) is 25.5 Å². The summed E-state index contributed by atoms with van der Waals surface area (Å²) >= 11 is 1.39. The van der Waals surface area contributed by atoms with Crippen LogP contribution in [0, 0.1) is 0 Å². The number of primary amides is 1. The topological polar surface area (TPSA) is 114 Å².